The van der Waals surface area contributed by atoms with Crippen LogP contribution in [0.5, 0.6) is 0 Å². The summed E-state index contributed by atoms with van der Waals surface area (Å²) in [5.41, 5.74) is 2.76. The summed E-state index contributed by atoms with van der Waals surface area (Å²) in [6.45, 7) is 3.52. The molecule has 25 heavy (non-hydrogen) atoms. The third-order valence-electron chi connectivity index (χ3n) is 4.74. The molecule has 1 aliphatic heterocycles. The van der Waals surface area contributed by atoms with E-state index in [0.717, 1.165) is 36.5 Å². The van der Waals surface area contributed by atoms with Gasteiger partial charge < -0.3 is 13.9 Å². The van der Waals surface area contributed by atoms with E-state index in [1.165, 1.54) is 12.5 Å². The highest BCUT2D eigenvalue weighted by atomic mass is 16.3. The van der Waals surface area contributed by atoms with Crippen molar-refractivity contribution < 1.29 is 9.21 Å². The fourth-order valence-electron chi connectivity index (χ4n) is 3.54. The summed E-state index contributed by atoms with van der Waals surface area (Å²) >= 11 is 0. The minimum atomic E-state index is 0.0293. The van der Waals surface area contributed by atoms with Crippen LogP contribution in [0.2, 0.25) is 0 Å². The number of rotatable bonds is 3. The molecule has 6 nitrogen and oxygen atoms in total. The van der Waals surface area contributed by atoms with Crippen LogP contribution in [-0.2, 0) is 0 Å². The van der Waals surface area contributed by atoms with Crippen LogP contribution in [0, 0.1) is 6.92 Å². The van der Waals surface area contributed by atoms with Crippen molar-refractivity contribution in [2.24, 2.45) is 0 Å². The Morgan fingerprint density at radius 2 is 2.12 bits per heavy atom. The number of nitrogens with zero attached hydrogens (tertiary/aromatic N) is 4. The van der Waals surface area contributed by atoms with E-state index in [4.69, 9.17) is 4.42 Å². The number of hydrogen-bond donors (Lipinski definition) is 0. The quantitative estimate of drug-likeness (QED) is 0.736. The van der Waals surface area contributed by atoms with E-state index in [0.29, 0.717) is 12.1 Å². The second kappa shape index (κ2) is 6.55. The predicted molar refractivity (Wildman–Crippen MR) is 93.1 cm³/mol. The molecule has 1 atom stereocenters. The van der Waals surface area contributed by atoms with Gasteiger partial charge in [-0.2, -0.15) is 0 Å². The molecule has 1 aliphatic rings. The maximum atomic E-state index is 12.6. The minimum Gasteiger partial charge on any atom is -0.472 e. The fourth-order valence-corrected chi connectivity index (χ4v) is 3.54. The summed E-state index contributed by atoms with van der Waals surface area (Å²) in [7, 11) is 0. The monoisotopic (exact) mass is 336 g/mol. The third kappa shape index (κ3) is 2.95. The first-order chi connectivity index (χ1) is 12.2. The first kappa shape index (κ1) is 15.6. The molecule has 0 bridgehead atoms. The Kier molecular flexibility index (Phi) is 4.09. The molecule has 0 aliphatic carbocycles. The molecule has 4 rings (SSSR count). The highest BCUT2D eigenvalue weighted by molar-refractivity contribution is 5.93. The summed E-state index contributed by atoms with van der Waals surface area (Å²) in [6.07, 6.45) is 10.5. The van der Waals surface area contributed by atoms with Crippen molar-refractivity contribution in [1.82, 2.24) is 19.4 Å². The predicted octanol–water partition coefficient (Wildman–Crippen LogP) is 3.32. The molecular formula is C19H20N4O2. The molecular weight excluding hydrogens is 316 g/mol. The largest absolute Gasteiger partial charge is 0.472 e. The molecule has 4 heterocycles. The smallest absolute Gasteiger partial charge is 0.257 e. The molecule has 0 spiro atoms. The topological polar surface area (TPSA) is 64.2 Å². The second-order valence-corrected chi connectivity index (χ2v) is 6.39. The average molecular weight is 336 g/mol. The Hall–Kier alpha value is -2.89. The number of furan rings is 1. The van der Waals surface area contributed by atoms with Crippen LogP contribution in [0.4, 0.5) is 0 Å². The molecule has 3 aromatic rings. The lowest BCUT2D eigenvalue weighted by atomic mass is 10.0. The Labute approximate surface area is 146 Å². The lowest BCUT2D eigenvalue weighted by Gasteiger charge is -2.34. The second-order valence-electron chi connectivity index (χ2n) is 6.39. The molecule has 128 valence electrons. The normalized spacial score (nSPS) is 17.6. The lowest BCUT2D eigenvalue weighted by molar-refractivity contribution is 0.0678. The lowest BCUT2D eigenvalue weighted by Crippen LogP contribution is -2.40. The third-order valence-corrected chi connectivity index (χ3v) is 4.74. The van der Waals surface area contributed by atoms with Gasteiger partial charge >= 0.3 is 0 Å². The van der Waals surface area contributed by atoms with Gasteiger partial charge in [0.1, 0.15) is 12.1 Å². The van der Waals surface area contributed by atoms with Gasteiger partial charge in [-0.05, 0) is 38.0 Å². The molecule has 0 saturated carbocycles. The highest BCUT2D eigenvalue weighted by Gasteiger charge is 2.28. The maximum Gasteiger partial charge on any atom is 0.257 e. The summed E-state index contributed by atoms with van der Waals surface area (Å²) in [6, 6.07) is 5.87. The highest BCUT2D eigenvalue weighted by Crippen LogP contribution is 2.29. The zero-order valence-electron chi connectivity index (χ0n) is 14.1. The number of piperidine rings is 1. The van der Waals surface area contributed by atoms with E-state index in [2.05, 4.69) is 21.5 Å². The van der Waals surface area contributed by atoms with Crippen LogP contribution in [-0.4, -0.2) is 38.4 Å². The number of carbonyl (C=O) groups is 1. The summed E-state index contributed by atoms with van der Waals surface area (Å²) in [4.78, 5) is 23.2. The van der Waals surface area contributed by atoms with Crippen LogP contribution in [0.25, 0.3) is 11.4 Å². The van der Waals surface area contributed by atoms with Crippen molar-refractivity contribution >= 4 is 5.91 Å². The Balaban J connectivity index is 1.62. The van der Waals surface area contributed by atoms with Crippen LogP contribution in [0.15, 0.2) is 53.7 Å². The van der Waals surface area contributed by atoms with Gasteiger partial charge in [-0.3, -0.25) is 9.78 Å². The van der Waals surface area contributed by atoms with E-state index in [1.54, 1.807) is 18.5 Å². The molecule has 1 fully saturated rings. The minimum absolute atomic E-state index is 0.0293. The van der Waals surface area contributed by atoms with Gasteiger partial charge in [0, 0.05) is 42.9 Å². The number of likely N-dealkylation sites (tertiary alicyclic amines) is 1. The van der Waals surface area contributed by atoms with Gasteiger partial charge in [0.2, 0.25) is 0 Å². The average Bonchev–Trinajstić information content (AvgIpc) is 3.32. The van der Waals surface area contributed by atoms with Crippen molar-refractivity contribution in [3.05, 3.63) is 60.6 Å². The number of aromatic nitrogens is 3. The number of aryl methyl sites for hydroxylation is 1. The molecule has 0 radical (unpaired) electrons. The van der Waals surface area contributed by atoms with E-state index < -0.39 is 0 Å². The molecule has 0 aromatic carbocycles. The standard InChI is InChI=1S/C19H20N4O2/c1-14-11-21-18(15-4-7-20-8-5-15)23(14)17-3-2-9-22(12-17)19(24)16-6-10-25-13-16/h4-8,10-11,13,17H,2-3,9,12H2,1H3. The molecule has 6 heteroatoms. The Morgan fingerprint density at radius 3 is 2.88 bits per heavy atom. The van der Waals surface area contributed by atoms with Gasteiger partial charge in [-0.1, -0.05) is 0 Å². The van der Waals surface area contributed by atoms with Crippen LogP contribution < -0.4 is 0 Å². The summed E-state index contributed by atoms with van der Waals surface area (Å²) in [5, 5.41) is 0. The SMILES string of the molecule is Cc1cnc(-c2ccncc2)n1C1CCCN(C(=O)c2ccoc2)C1. The number of imidazole rings is 1. The van der Waals surface area contributed by atoms with E-state index in [9.17, 15) is 4.79 Å². The van der Waals surface area contributed by atoms with Crippen molar-refractivity contribution in [2.45, 2.75) is 25.8 Å². The van der Waals surface area contributed by atoms with Crippen molar-refractivity contribution in [3.8, 4) is 11.4 Å². The first-order valence-electron chi connectivity index (χ1n) is 8.50. The maximum absolute atomic E-state index is 12.6. The van der Waals surface area contributed by atoms with Gasteiger partial charge in [-0.25, -0.2) is 4.98 Å². The van der Waals surface area contributed by atoms with Crippen LogP contribution in [0.1, 0.15) is 34.9 Å². The number of amides is 1. The number of hydrogen-bond acceptors (Lipinski definition) is 4. The molecule has 0 N–H and O–H groups in total. The van der Waals surface area contributed by atoms with Crippen LogP contribution in [0.3, 0.4) is 0 Å². The summed E-state index contributed by atoms with van der Waals surface area (Å²) < 4.78 is 7.31. The van der Waals surface area contributed by atoms with Gasteiger partial charge in [0.25, 0.3) is 5.91 Å². The zero-order valence-corrected chi connectivity index (χ0v) is 14.1. The molecule has 1 unspecified atom stereocenters. The van der Waals surface area contributed by atoms with Gasteiger partial charge in [0.15, 0.2) is 0 Å². The van der Waals surface area contributed by atoms with Crippen LogP contribution >= 0.6 is 0 Å². The van der Waals surface area contributed by atoms with Gasteiger partial charge in [0.05, 0.1) is 17.9 Å². The molecule has 3 aromatic heterocycles. The van der Waals surface area contributed by atoms with E-state index in [1.807, 2.05) is 23.2 Å². The number of pyridine rings is 1. The Bertz CT molecular complexity index is 855. The van der Waals surface area contributed by atoms with E-state index in [-0.39, 0.29) is 11.9 Å². The fraction of sp³-hybridized carbons (Fsp3) is 0.316. The molecule has 1 amide bonds. The summed E-state index contributed by atoms with van der Waals surface area (Å²) in [5.74, 6) is 0.962. The van der Waals surface area contributed by atoms with Gasteiger partial charge in [-0.15, -0.1) is 0 Å². The molecule has 1 saturated heterocycles. The van der Waals surface area contributed by atoms with Crippen molar-refractivity contribution in [2.75, 3.05) is 13.1 Å². The number of carbonyl (C=O) groups excluding carboxylic acids is 1. The zero-order chi connectivity index (χ0) is 17.2. The Morgan fingerprint density at radius 1 is 1.28 bits per heavy atom. The van der Waals surface area contributed by atoms with Crippen molar-refractivity contribution in [3.63, 3.8) is 0 Å². The van der Waals surface area contributed by atoms with Crippen molar-refractivity contribution in [1.29, 1.82) is 0 Å². The first-order valence-corrected chi connectivity index (χ1v) is 8.50. The van der Waals surface area contributed by atoms with E-state index >= 15 is 0 Å².